The summed E-state index contributed by atoms with van der Waals surface area (Å²) in [6.45, 7) is 0. The molecule has 1 N–H and O–H groups in total. The van der Waals surface area contributed by atoms with Crippen molar-refractivity contribution in [3.05, 3.63) is 70.8 Å². The summed E-state index contributed by atoms with van der Waals surface area (Å²) in [6, 6.07) is 17.1. The van der Waals surface area contributed by atoms with E-state index in [0.29, 0.717) is 11.8 Å². The Morgan fingerprint density at radius 2 is 1.60 bits per heavy atom. The van der Waals surface area contributed by atoms with E-state index in [-0.39, 0.29) is 6.10 Å². The van der Waals surface area contributed by atoms with Crippen molar-refractivity contribution in [3.63, 3.8) is 0 Å². The van der Waals surface area contributed by atoms with Crippen LogP contribution in [0.2, 0.25) is 0 Å². The molecule has 2 aromatic carbocycles. The number of hydrogen-bond donors (Lipinski definition) is 1. The minimum absolute atomic E-state index is 0.271. The molecule has 20 heavy (non-hydrogen) atoms. The van der Waals surface area contributed by atoms with E-state index in [1.807, 2.05) is 6.07 Å². The van der Waals surface area contributed by atoms with E-state index in [4.69, 9.17) is 0 Å². The standard InChI is InChI=1S/C19H20O/c20-19-15(10-9-13-5-1-4-8-18(13)19)12-16-11-14-6-2-3-7-17(14)16/h1-8,15-16,19-20H,9-12H2. The zero-order valence-electron chi connectivity index (χ0n) is 11.6. The second-order valence-corrected chi connectivity index (χ2v) is 6.28. The molecule has 1 heteroatoms. The Bertz CT molecular complexity index is 631. The van der Waals surface area contributed by atoms with Crippen molar-refractivity contribution in [2.24, 2.45) is 5.92 Å². The van der Waals surface area contributed by atoms with Crippen LogP contribution < -0.4 is 0 Å². The molecule has 3 unspecified atom stereocenters. The van der Waals surface area contributed by atoms with Crippen LogP contribution >= 0.6 is 0 Å². The fourth-order valence-electron chi connectivity index (χ4n) is 3.99. The van der Waals surface area contributed by atoms with Crippen molar-refractivity contribution in [1.29, 1.82) is 0 Å². The van der Waals surface area contributed by atoms with Gasteiger partial charge >= 0.3 is 0 Å². The lowest BCUT2D eigenvalue weighted by Crippen LogP contribution is -2.26. The first kappa shape index (κ1) is 12.2. The summed E-state index contributed by atoms with van der Waals surface area (Å²) in [5.41, 5.74) is 5.52. The molecule has 4 rings (SSSR count). The summed E-state index contributed by atoms with van der Waals surface area (Å²) in [7, 11) is 0. The molecule has 102 valence electrons. The highest BCUT2D eigenvalue weighted by molar-refractivity contribution is 5.40. The Morgan fingerprint density at radius 1 is 0.900 bits per heavy atom. The molecular formula is C19H20O. The summed E-state index contributed by atoms with van der Waals surface area (Å²) in [4.78, 5) is 0. The largest absolute Gasteiger partial charge is 0.388 e. The maximum Gasteiger partial charge on any atom is 0.0821 e. The van der Waals surface area contributed by atoms with E-state index < -0.39 is 0 Å². The van der Waals surface area contributed by atoms with Crippen LogP contribution in [0.3, 0.4) is 0 Å². The van der Waals surface area contributed by atoms with E-state index in [1.54, 1.807) is 0 Å². The lowest BCUT2D eigenvalue weighted by Gasteiger charge is -2.37. The molecule has 3 atom stereocenters. The van der Waals surface area contributed by atoms with Gasteiger partial charge in [-0.25, -0.2) is 0 Å². The third kappa shape index (κ3) is 1.89. The molecule has 0 bridgehead atoms. The second-order valence-electron chi connectivity index (χ2n) is 6.28. The van der Waals surface area contributed by atoms with Crippen LogP contribution in [0.15, 0.2) is 48.5 Å². The van der Waals surface area contributed by atoms with Gasteiger partial charge in [-0.3, -0.25) is 0 Å². The summed E-state index contributed by atoms with van der Waals surface area (Å²) in [5, 5.41) is 10.6. The average molecular weight is 264 g/mol. The lowest BCUT2D eigenvalue weighted by molar-refractivity contribution is 0.0824. The molecule has 0 saturated heterocycles. The van der Waals surface area contributed by atoms with Crippen molar-refractivity contribution in [2.75, 3.05) is 0 Å². The van der Waals surface area contributed by atoms with Gasteiger partial charge in [-0.05, 0) is 59.8 Å². The Morgan fingerprint density at radius 3 is 2.40 bits per heavy atom. The molecule has 0 aromatic heterocycles. The second kappa shape index (κ2) is 4.75. The van der Waals surface area contributed by atoms with E-state index in [0.717, 1.165) is 24.8 Å². The van der Waals surface area contributed by atoms with E-state index >= 15 is 0 Å². The highest BCUT2D eigenvalue weighted by Gasteiger charge is 2.33. The van der Waals surface area contributed by atoms with Crippen LogP contribution in [0.25, 0.3) is 0 Å². The maximum atomic E-state index is 10.6. The molecule has 0 spiro atoms. The smallest absolute Gasteiger partial charge is 0.0821 e. The van der Waals surface area contributed by atoms with Crippen molar-refractivity contribution in [2.45, 2.75) is 37.7 Å². The third-order valence-electron chi connectivity index (χ3n) is 5.15. The van der Waals surface area contributed by atoms with Crippen LogP contribution in [0.4, 0.5) is 0 Å². The average Bonchev–Trinajstić information content (AvgIpc) is 2.47. The number of hydrogen-bond acceptors (Lipinski definition) is 1. The summed E-state index contributed by atoms with van der Waals surface area (Å²) >= 11 is 0. The Labute approximate surface area is 120 Å². The molecule has 2 aromatic rings. The van der Waals surface area contributed by atoms with E-state index in [9.17, 15) is 5.11 Å². The van der Waals surface area contributed by atoms with Gasteiger partial charge in [0, 0.05) is 0 Å². The van der Waals surface area contributed by atoms with Gasteiger partial charge in [0.25, 0.3) is 0 Å². The quantitative estimate of drug-likeness (QED) is 0.869. The monoisotopic (exact) mass is 264 g/mol. The molecule has 0 heterocycles. The topological polar surface area (TPSA) is 20.2 Å². The fourth-order valence-corrected chi connectivity index (χ4v) is 3.99. The van der Waals surface area contributed by atoms with Crippen molar-refractivity contribution in [1.82, 2.24) is 0 Å². The van der Waals surface area contributed by atoms with Crippen LogP contribution in [0.5, 0.6) is 0 Å². The fraction of sp³-hybridized carbons (Fsp3) is 0.368. The molecule has 0 radical (unpaired) electrons. The predicted molar refractivity (Wildman–Crippen MR) is 80.7 cm³/mol. The molecule has 2 aliphatic carbocycles. The number of rotatable bonds is 2. The van der Waals surface area contributed by atoms with Gasteiger partial charge in [-0.1, -0.05) is 48.5 Å². The molecule has 1 nitrogen and oxygen atoms in total. The number of aliphatic hydroxyl groups is 1. The van der Waals surface area contributed by atoms with Gasteiger partial charge in [0.1, 0.15) is 0 Å². The zero-order valence-corrected chi connectivity index (χ0v) is 11.6. The zero-order chi connectivity index (χ0) is 13.5. The molecule has 0 aliphatic heterocycles. The first-order chi connectivity index (χ1) is 9.83. The highest BCUT2D eigenvalue weighted by atomic mass is 16.3. The molecule has 0 fully saturated rings. The maximum absolute atomic E-state index is 10.6. The van der Waals surface area contributed by atoms with Gasteiger partial charge in [0.2, 0.25) is 0 Å². The highest BCUT2D eigenvalue weighted by Crippen LogP contribution is 2.45. The lowest BCUT2D eigenvalue weighted by atomic mass is 9.69. The van der Waals surface area contributed by atoms with Crippen LogP contribution in [0, 0.1) is 5.92 Å². The minimum Gasteiger partial charge on any atom is -0.388 e. The molecule has 0 amide bonds. The third-order valence-corrected chi connectivity index (χ3v) is 5.15. The van der Waals surface area contributed by atoms with Gasteiger partial charge in [0.05, 0.1) is 6.10 Å². The van der Waals surface area contributed by atoms with E-state index in [2.05, 4.69) is 42.5 Å². The molecule has 2 aliphatic rings. The van der Waals surface area contributed by atoms with Crippen LogP contribution in [-0.4, -0.2) is 5.11 Å². The van der Waals surface area contributed by atoms with Gasteiger partial charge in [-0.15, -0.1) is 0 Å². The SMILES string of the molecule is OC1c2ccccc2CCC1CC1Cc2ccccc21. The van der Waals surface area contributed by atoms with Gasteiger partial charge < -0.3 is 5.11 Å². The number of fused-ring (bicyclic) bond motifs is 2. The Hall–Kier alpha value is -1.60. The van der Waals surface area contributed by atoms with Gasteiger partial charge in [0.15, 0.2) is 0 Å². The van der Waals surface area contributed by atoms with E-state index in [1.165, 1.54) is 23.1 Å². The minimum atomic E-state index is -0.271. The summed E-state index contributed by atoms with van der Waals surface area (Å²) < 4.78 is 0. The first-order valence-corrected chi connectivity index (χ1v) is 7.66. The Balaban J connectivity index is 1.52. The first-order valence-electron chi connectivity index (χ1n) is 7.66. The molecular weight excluding hydrogens is 244 g/mol. The number of benzene rings is 2. The van der Waals surface area contributed by atoms with Crippen molar-refractivity contribution < 1.29 is 5.11 Å². The molecule has 0 saturated carbocycles. The normalized spacial score (nSPS) is 27.4. The van der Waals surface area contributed by atoms with Crippen molar-refractivity contribution in [3.8, 4) is 0 Å². The Kier molecular flexibility index (Phi) is 2.89. The van der Waals surface area contributed by atoms with Crippen LogP contribution in [0.1, 0.15) is 47.1 Å². The van der Waals surface area contributed by atoms with Crippen molar-refractivity contribution >= 4 is 0 Å². The number of aliphatic hydroxyl groups excluding tert-OH is 1. The van der Waals surface area contributed by atoms with Gasteiger partial charge in [-0.2, -0.15) is 0 Å². The van der Waals surface area contributed by atoms with Crippen LogP contribution in [-0.2, 0) is 12.8 Å². The summed E-state index contributed by atoms with van der Waals surface area (Å²) in [5.74, 6) is 1.08. The summed E-state index contributed by atoms with van der Waals surface area (Å²) in [6.07, 6.45) is 4.30. The number of aryl methyl sites for hydroxylation is 1. The predicted octanol–water partition coefficient (Wildman–Crippen LogP) is 4.01.